The second kappa shape index (κ2) is 11.5. The average molecular weight is 553 g/mol. The van der Waals surface area contributed by atoms with Gasteiger partial charge in [0.15, 0.2) is 11.5 Å². The lowest BCUT2D eigenvalue weighted by atomic mass is 10.1. The molecular formula is C30H36N10O. The second-order valence-corrected chi connectivity index (χ2v) is 10.7. The van der Waals surface area contributed by atoms with Crippen molar-refractivity contribution in [3.05, 3.63) is 64.9 Å². The number of allylic oxidation sites excluding steroid dienone is 5. The number of hydrogen-bond acceptors (Lipinski definition) is 8. The number of pyridine rings is 1. The van der Waals surface area contributed by atoms with Gasteiger partial charge in [-0.2, -0.15) is 5.10 Å². The third-order valence-corrected chi connectivity index (χ3v) is 7.53. The fraction of sp³-hybridized carbons (Fsp3) is 0.367. The molecule has 3 aromatic rings. The fourth-order valence-electron chi connectivity index (χ4n) is 5.10. The van der Waals surface area contributed by atoms with Gasteiger partial charge >= 0.3 is 0 Å². The molecule has 2 fully saturated rings. The van der Waals surface area contributed by atoms with Gasteiger partial charge in [0.1, 0.15) is 11.2 Å². The number of rotatable bonds is 8. The van der Waals surface area contributed by atoms with Crippen molar-refractivity contribution in [3.63, 3.8) is 0 Å². The number of carbonyl (C=O) groups is 1. The molecule has 212 valence electrons. The number of hydrogen-bond donors (Lipinski definition) is 4. The van der Waals surface area contributed by atoms with E-state index < -0.39 is 0 Å². The number of H-pyrrole nitrogens is 2. The first-order chi connectivity index (χ1) is 20.0. The Kier molecular flexibility index (Phi) is 7.51. The summed E-state index contributed by atoms with van der Waals surface area (Å²) < 4.78 is 0. The highest BCUT2D eigenvalue weighted by Gasteiger charge is 2.25. The lowest BCUT2D eigenvalue weighted by molar-refractivity contribution is -0.120. The molecule has 1 aliphatic carbocycles. The van der Waals surface area contributed by atoms with E-state index in [9.17, 15) is 4.79 Å². The molecule has 1 saturated heterocycles. The topological polar surface area (TPSA) is 144 Å². The first kappa shape index (κ1) is 26.7. The van der Waals surface area contributed by atoms with Crippen LogP contribution < -0.4 is 11.1 Å². The SMILES string of the molecule is CCCC(=O)N/C(C=C1CC1)=C/C(=C\N)c1ccc2[nH]nc(-c3nc4c([nH]3)CN=CC=C4N3CCN(C)CC3)c2n1. The van der Waals surface area contributed by atoms with Crippen LogP contribution in [0.5, 0.6) is 0 Å². The van der Waals surface area contributed by atoms with Crippen LogP contribution in [0.4, 0.5) is 0 Å². The van der Waals surface area contributed by atoms with Crippen molar-refractivity contribution in [1.29, 1.82) is 0 Å². The number of amides is 1. The monoisotopic (exact) mass is 552 g/mol. The second-order valence-electron chi connectivity index (χ2n) is 10.7. The van der Waals surface area contributed by atoms with E-state index in [4.69, 9.17) is 15.7 Å². The lowest BCUT2D eigenvalue weighted by Crippen LogP contribution is -2.43. The maximum absolute atomic E-state index is 12.4. The number of aromatic amines is 2. The van der Waals surface area contributed by atoms with E-state index in [1.165, 1.54) is 11.8 Å². The molecule has 0 bridgehead atoms. The molecule has 5 N–H and O–H groups in total. The maximum atomic E-state index is 12.4. The lowest BCUT2D eigenvalue weighted by Gasteiger charge is -2.35. The highest BCUT2D eigenvalue weighted by atomic mass is 16.1. The molecule has 3 aliphatic rings. The number of aromatic nitrogens is 5. The number of piperazine rings is 1. The Hall–Kier alpha value is -4.51. The zero-order chi connectivity index (χ0) is 28.3. The highest BCUT2D eigenvalue weighted by Crippen LogP contribution is 2.31. The van der Waals surface area contributed by atoms with Crippen molar-refractivity contribution in [3.8, 4) is 11.5 Å². The van der Waals surface area contributed by atoms with E-state index in [-0.39, 0.29) is 5.91 Å². The van der Waals surface area contributed by atoms with E-state index in [1.54, 1.807) is 0 Å². The molecule has 0 aromatic carbocycles. The summed E-state index contributed by atoms with van der Waals surface area (Å²) in [6.45, 7) is 6.39. The van der Waals surface area contributed by atoms with Gasteiger partial charge < -0.3 is 25.8 Å². The molecule has 3 aromatic heterocycles. The molecular weight excluding hydrogens is 516 g/mol. The van der Waals surface area contributed by atoms with Gasteiger partial charge in [-0.25, -0.2) is 9.97 Å². The van der Waals surface area contributed by atoms with Gasteiger partial charge in [-0.15, -0.1) is 0 Å². The number of carbonyl (C=O) groups excluding carboxylic acids is 1. The summed E-state index contributed by atoms with van der Waals surface area (Å²) in [5.74, 6) is 0.628. The van der Waals surface area contributed by atoms with Gasteiger partial charge in [0.2, 0.25) is 5.91 Å². The summed E-state index contributed by atoms with van der Waals surface area (Å²) in [4.78, 5) is 35.1. The summed E-state index contributed by atoms with van der Waals surface area (Å²) >= 11 is 0. The van der Waals surface area contributed by atoms with E-state index >= 15 is 0 Å². The third-order valence-electron chi connectivity index (χ3n) is 7.53. The zero-order valence-corrected chi connectivity index (χ0v) is 23.6. The van der Waals surface area contributed by atoms with E-state index in [0.29, 0.717) is 41.3 Å². The van der Waals surface area contributed by atoms with Crippen LogP contribution >= 0.6 is 0 Å². The van der Waals surface area contributed by atoms with Crippen molar-refractivity contribution < 1.29 is 4.79 Å². The minimum Gasteiger partial charge on any atom is -0.404 e. The van der Waals surface area contributed by atoms with Crippen molar-refractivity contribution in [2.24, 2.45) is 10.7 Å². The van der Waals surface area contributed by atoms with Gasteiger partial charge in [-0.05, 0) is 56.7 Å². The molecule has 0 spiro atoms. The van der Waals surface area contributed by atoms with E-state index in [0.717, 1.165) is 73.7 Å². The first-order valence-corrected chi connectivity index (χ1v) is 14.2. The van der Waals surface area contributed by atoms with Crippen LogP contribution in [0.25, 0.3) is 33.8 Å². The molecule has 0 atom stereocenters. The predicted molar refractivity (Wildman–Crippen MR) is 161 cm³/mol. The van der Waals surface area contributed by atoms with E-state index in [1.807, 2.05) is 37.4 Å². The number of nitrogens with zero attached hydrogens (tertiary/aromatic N) is 6. The number of likely N-dealkylation sites (N-methyl/N-ethyl adjacent to an activating group) is 1. The van der Waals surface area contributed by atoms with Gasteiger partial charge in [0.05, 0.1) is 29.1 Å². The summed E-state index contributed by atoms with van der Waals surface area (Å²) in [7, 11) is 2.15. The van der Waals surface area contributed by atoms with Gasteiger partial charge in [-0.1, -0.05) is 12.5 Å². The number of fused-ring (bicyclic) bond motifs is 2. The van der Waals surface area contributed by atoms with Crippen LogP contribution in [0.1, 0.15) is 49.7 Å². The Bertz CT molecular complexity index is 1600. The molecule has 1 amide bonds. The van der Waals surface area contributed by atoms with Crippen LogP contribution in [-0.4, -0.2) is 80.3 Å². The Morgan fingerprint density at radius 1 is 1.15 bits per heavy atom. The van der Waals surface area contributed by atoms with E-state index in [2.05, 4.69) is 48.4 Å². The van der Waals surface area contributed by atoms with Crippen LogP contribution in [0.2, 0.25) is 0 Å². The first-order valence-electron chi connectivity index (χ1n) is 14.2. The third kappa shape index (κ3) is 5.85. The summed E-state index contributed by atoms with van der Waals surface area (Å²) in [5, 5.41) is 10.7. The number of imidazole rings is 1. The Morgan fingerprint density at radius 2 is 1.98 bits per heavy atom. The average Bonchev–Trinajstić information content (AvgIpc) is 3.60. The molecule has 11 heteroatoms. The molecule has 2 aliphatic heterocycles. The largest absolute Gasteiger partial charge is 0.404 e. The Morgan fingerprint density at radius 3 is 2.73 bits per heavy atom. The molecule has 0 unspecified atom stereocenters. The van der Waals surface area contributed by atoms with Crippen LogP contribution in [0.15, 0.2) is 52.8 Å². The number of nitrogens with two attached hydrogens (primary N) is 1. The normalized spacial score (nSPS) is 17.9. The van der Waals surface area contributed by atoms with Gasteiger partial charge in [-0.3, -0.25) is 14.9 Å². The zero-order valence-electron chi connectivity index (χ0n) is 23.6. The van der Waals surface area contributed by atoms with Gasteiger partial charge in [0.25, 0.3) is 0 Å². The highest BCUT2D eigenvalue weighted by molar-refractivity contribution is 5.91. The standard InChI is InChI=1S/C30H36N10O/c1-3-4-26(41)33-21(15-19-5-6-19)16-20(17-31)22-7-8-23-28(34-22)29(38-37-23)30-35-24-18-32-10-9-25(27(24)36-30)40-13-11-39(2)12-14-40/h7-10,15-17H,3-6,11-14,18,31H2,1-2H3,(H,33,41)(H,35,36)(H,37,38)/b20-17+,21-16+. The fourth-order valence-corrected chi connectivity index (χ4v) is 5.10. The van der Waals surface area contributed by atoms with Crippen LogP contribution in [-0.2, 0) is 11.3 Å². The van der Waals surface area contributed by atoms with Crippen molar-refractivity contribution in [2.75, 3.05) is 33.2 Å². The van der Waals surface area contributed by atoms with Crippen molar-refractivity contribution >= 4 is 34.4 Å². The summed E-state index contributed by atoms with van der Waals surface area (Å²) in [6.07, 6.45) is 12.7. The molecule has 6 rings (SSSR count). The minimum absolute atomic E-state index is 0.0138. The quantitative estimate of drug-likeness (QED) is 0.314. The Labute approximate surface area is 239 Å². The number of aliphatic imine (C=N–C) groups is 1. The molecule has 1 saturated carbocycles. The predicted octanol–water partition coefficient (Wildman–Crippen LogP) is 3.34. The van der Waals surface area contributed by atoms with Crippen molar-refractivity contribution in [1.82, 2.24) is 40.3 Å². The van der Waals surface area contributed by atoms with Crippen LogP contribution in [0.3, 0.4) is 0 Å². The van der Waals surface area contributed by atoms with Gasteiger partial charge in [0, 0.05) is 56.3 Å². The minimum atomic E-state index is -0.0138. The smallest absolute Gasteiger partial charge is 0.224 e. The molecule has 11 nitrogen and oxygen atoms in total. The summed E-state index contributed by atoms with van der Waals surface area (Å²) in [5.41, 5.74) is 14.5. The molecule has 0 radical (unpaired) electrons. The maximum Gasteiger partial charge on any atom is 0.224 e. The molecule has 5 heterocycles. The number of nitrogens with one attached hydrogen (secondary N) is 3. The van der Waals surface area contributed by atoms with Crippen molar-refractivity contribution in [2.45, 2.75) is 39.2 Å². The summed E-state index contributed by atoms with van der Waals surface area (Å²) in [6, 6.07) is 3.84. The Balaban J connectivity index is 1.33. The van der Waals surface area contributed by atoms with Crippen LogP contribution in [0, 0.1) is 0 Å². The molecule has 41 heavy (non-hydrogen) atoms.